The maximum absolute atomic E-state index is 12.2. The van der Waals surface area contributed by atoms with E-state index in [9.17, 15) is 18.0 Å². The summed E-state index contributed by atoms with van der Waals surface area (Å²) in [7, 11) is 0. The number of carbonyl (C=O) groups excluding carboxylic acids is 1. The van der Waals surface area contributed by atoms with E-state index in [1.54, 1.807) is 24.3 Å². The molecule has 100 valence electrons. The van der Waals surface area contributed by atoms with E-state index in [-0.39, 0.29) is 13.0 Å². The highest BCUT2D eigenvalue weighted by Gasteiger charge is 2.32. The van der Waals surface area contributed by atoms with Crippen LogP contribution in [0.2, 0.25) is 0 Å². The van der Waals surface area contributed by atoms with Crippen LogP contribution in [0.25, 0.3) is 0 Å². The molecule has 0 fully saturated rings. The molecule has 0 atom stereocenters. The molecule has 0 aliphatic carbocycles. The predicted octanol–water partition coefficient (Wildman–Crippen LogP) is 2.22. The first-order valence-electron chi connectivity index (χ1n) is 5.50. The van der Waals surface area contributed by atoms with Gasteiger partial charge in [-0.05, 0) is 24.6 Å². The number of amides is 1. The summed E-state index contributed by atoms with van der Waals surface area (Å²) in [6.07, 6.45) is -4.42. The Morgan fingerprint density at radius 1 is 1.28 bits per heavy atom. The number of anilines is 1. The summed E-state index contributed by atoms with van der Waals surface area (Å²) in [6, 6.07) is 6.49. The molecule has 0 heterocycles. The van der Waals surface area contributed by atoms with Crippen LogP contribution in [0.15, 0.2) is 24.3 Å². The molecule has 0 unspecified atom stereocenters. The van der Waals surface area contributed by atoms with Crippen LogP contribution in [0.1, 0.15) is 12.5 Å². The smallest absolute Gasteiger partial charge is 0.399 e. The molecule has 1 aromatic carbocycles. The van der Waals surface area contributed by atoms with Gasteiger partial charge < -0.3 is 10.6 Å². The minimum atomic E-state index is -4.37. The van der Waals surface area contributed by atoms with Gasteiger partial charge in [0, 0.05) is 12.2 Å². The number of benzene rings is 1. The van der Waals surface area contributed by atoms with E-state index in [0.29, 0.717) is 11.3 Å². The summed E-state index contributed by atoms with van der Waals surface area (Å²) in [5.74, 6) is -0.542. The average molecular weight is 260 g/mol. The molecular formula is C12H15F3N2O. The number of rotatable bonds is 4. The van der Waals surface area contributed by atoms with E-state index >= 15 is 0 Å². The van der Waals surface area contributed by atoms with Crippen molar-refractivity contribution in [2.24, 2.45) is 0 Å². The molecular weight excluding hydrogens is 245 g/mol. The molecule has 0 aliphatic heterocycles. The zero-order valence-corrected chi connectivity index (χ0v) is 10.00. The van der Waals surface area contributed by atoms with Crippen molar-refractivity contribution in [3.63, 3.8) is 0 Å². The van der Waals surface area contributed by atoms with Crippen LogP contribution >= 0.6 is 0 Å². The highest BCUT2D eigenvalue weighted by atomic mass is 19.4. The van der Waals surface area contributed by atoms with Crippen molar-refractivity contribution < 1.29 is 18.0 Å². The minimum absolute atomic E-state index is 0.0350. The first-order chi connectivity index (χ1) is 8.31. The van der Waals surface area contributed by atoms with Crippen LogP contribution in [0.4, 0.5) is 18.9 Å². The van der Waals surface area contributed by atoms with Gasteiger partial charge >= 0.3 is 6.18 Å². The van der Waals surface area contributed by atoms with E-state index in [4.69, 9.17) is 5.73 Å². The Bertz CT molecular complexity index is 401. The Morgan fingerprint density at radius 3 is 2.28 bits per heavy atom. The van der Waals surface area contributed by atoms with Crippen molar-refractivity contribution in [1.29, 1.82) is 0 Å². The summed E-state index contributed by atoms with van der Waals surface area (Å²) in [5.41, 5.74) is 6.68. The molecule has 3 nitrogen and oxygen atoms in total. The summed E-state index contributed by atoms with van der Waals surface area (Å²) in [6.45, 7) is 0.344. The Morgan fingerprint density at radius 2 is 1.83 bits per heavy atom. The number of nitrogen functional groups attached to an aromatic ring is 1. The fraction of sp³-hybridized carbons (Fsp3) is 0.417. The Balaban J connectivity index is 2.65. The van der Waals surface area contributed by atoms with Crippen LogP contribution in [-0.2, 0) is 11.2 Å². The number of nitrogens with two attached hydrogens (primary N) is 1. The van der Waals surface area contributed by atoms with E-state index in [1.165, 1.54) is 6.92 Å². The molecule has 0 saturated carbocycles. The number of carbonyl (C=O) groups is 1. The van der Waals surface area contributed by atoms with Crippen LogP contribution in [0, 0.1) is 0 Å². The summed E-state index contributed by atoms with van der Waals surface area (Å²) in [4.78, 5) is 12.5. The monoisotopic (exact) mass is 260 g/mol. The number of hydrogen-bond acceptors (Lipinski definition) is 2. The average Bonchev–Trinajstić information content (AvgIpc) is 2.27. The summed E-state index contributed by atoms with van der Waals surface area (Å²) >= 11 is 0. The number of hydrogen-bond donors (Lipinski definition) is 1. The maximum Gasteiger partial charge on any atom is 0.406 e. The van der Waals surface area contributed by atoms with Gasteiger partial charge in [-0.1, -0.05) is 12.1 Å². The molecule has 1 rings (SSSR count). The zero-order chi connectivity index (χ0) is 13.8. The maximum atomic E-state index is 12.2. The van der Waals surface area contributed by atoms with Gasteiger partial charge in [-0.3, -0.25) is 4.79 Å². The van der Waals surface area contributed by atoms with Gasteiger partial charge in [0.25, 0.3) is 0 Å². The van der Waals surface area contributed by atoms with Crippen molar-refractivity contribution in [2.75, 3.05) is 18.8 Å². The number of likely N-dealkylation sites (N-methyl/N-ethyl adjacent to an activating group) is 1. The van der Waals surface area contributed by atoms with Crippen molar-refractivity contribution in [3.05, 3.63) is 29.8 Å². The number of halogens is 3. The first-order valence-corrected chi connectivity index (χ1v) is 5.50. The van der Waals surface area contributed by atoms with Gasteiger partial charge in [0.1, 0.15) is 6.54 Å². The molecule has 0 aliphatic rings. The molecule has 0 saturated heterocycles. The number of nitrogens with zero attached hydrogens (tertiary/aromatic N) is 1. The normalized spacial score (nSPS) is 11.3. The lowest BCUT2D eigenvalue weighted by Gasteiger charge is -2.22. The van der Waals surface area contributed by atoms with Gasteiger partial charge in [-0.15, -0.1) is 0 Å². The van der Waals surface area contributed by atoms with Crippen molar-refractivity contribution in [2.45, 2.75) is 19.5 Å². The van der Waals surface area contributed by atoms with Gasteiger partial charge in [-0.2, -0.15) is 13.2 Å². The fourth-order valence-electron chi connectivity index (χ4n) is 1.51. The Hall–Kier alpha value is -1.72. The SMILES string of the molecule is CCN(CC(F)(F)F)C(=O)Cc1ccc(N)cc1. The predicted molar refractivity (Wildman–Crippen MR) is 62.9 cm³/mol. The summed E-state index contributed by atoms with van der Waals surface area (Å²) < 4.78 is 36.7. The second kappa shape index (κ2) is 5.75. The van der Waals surface area contributed by atoms with Crippen molar-refractivity contribution in [3.8, 4) is 0 Å². The lowest BCUT2D eigenvalue weighted by atomic mass is 10.1. The van der Waals surface area contributed by atoms with Gasteiger partial charge in [0.2, 0.25) is 5.91 Å². The molecule has 2 N–H and O–H groups in total. The minimum Gasteiger partial charge on any atom is -0.399 e. The van der Waals surface area contributed by atoms with E-state index in [0.717, 1.165) is 4.90 Å². The topological polar surface area (TPSA) is 46.3 Å². The molecule has 18 heavy (non-hydrogen) atoms. The Kier molecular flexibility index (Phi) is 4.58. The third kappa shape index (κ3) is 4.65. The summed E-state index contributed by atoms with van der Waals surface area (Å²) in [5, 5.41) is 0. The van der Waals surface area contributed by atoms with Crippen LogP contribution in [0.3, 0.4) is 0 Å². The largest absolute Gasteiger partial charge is 0.406 e. The van der Waals surface area contributed by atoms with Gasteiger partial charge in [-0.25, -0.2) is 0 Å². The number of alkyl halides is 3. The fourth-order valence-corrected chi connectivity index (χ4v) is 1.51. The second-order valence-electron chi connectivity index (χ2n) is 3.94. The molecule has 0 radical (unpaired) electrons. The second-order valence-corrected chi connectivity index (χ2v) is 3.94. The molecule has 6 heteroatoms. The van der Waals surface area contributed by atoms with E-state index in [2.05, 4.69) is 0 Å². The van der Waals surface area contributed by atoms with Crippen LogP contribution in [-0.4, -0.2) is 30.1 Å². The van der Waals surface area contributed by atoms with E-state index < -0.39 is 18.6 Å². The van der Waals surface area contributed by atoms with Crippen molar-refractivity contribution >= 4 is 11.6 Å². The lowest BCUT2D eigenvalue weighted by Crippen LogP contribution is -2.39. The zero-order valence-electron chi connectivity index (χ0n) is 10.00. The molecule has 1 amide bonds. The standard InChI is InChI=1S/C12H15F3N2O/c1-2-17(8-12(13,14)15)11(18)7-9-3-5-10(16)6-4-9/h3-6H,2,7-8,16H2,1H3. The molecule has 1 aromatic rings. The third-order valence-corrected chi connectivity index (χ3v) is 2.44. The Labute approximate surface area is 103 Å². The highest BCUT2D eigenvalue weighted by Crippen LogP contribution is 2.17. The van der Waals surface area contributed by atoms with Crippen LogP contribution in [0.5, 0.6) is 0 Å². The first kappa shape index (κ1) is 14.3. The van der Waals surface area contributed by atoms with Gasteiger partial charge in [0.15, 0.2) is 0 Å². The highest BCUT2D eigenvalue weighted by molar-refractivity contribution is 5.78. The molecule has 0 aromatic heterocycles. The quantitative estimate of drug-likeness (QED) is 0.844. The lowest BCUT2D eigenvalue weighted by molar-refractivity contribution is -0.160. The van der Waals surface area contributed by atoms with E-state index in [1.807, 2.05) is 0 Å². The molecule has 0 bridgehead atoms. The molecule has 0 spiro atoms. The third-order valence-electron chi connectivity index (χ3n) is 2.44. The van der Waals surface area contributed by atoms with Crippen LogP contribution < -0.4 is 5.73 Å². The van der Waals surface area contributed by atoms with Gasteiger partial charge in [0.05, 0.1) is 6.42 Å². The van der Waals surface area contributed by atoms with Crippen molar-refractivity contribution in [1.82, 2.24) is 4.90 Å².